The van der Waals surface area contributed by atoms with Crippen LogP contribution in [0.1, 0.15) is 48.5 Å². The van der Waals surface area contributed by atoms with Crippen LogP contribution < -0.4 is 5.32 Å². The van der Waals surface area contributed by atoms with Crippen LogP contribution >= 0.6 is 0 Å². The van der Waals surface area contributed by atoms with Crippen molar-refractivity contribution in [2.24, 2.45) is 0 Å². The van der Waals surface area contributed by atoms with Crippen LogP contribution in [0.3, 0.4) is 0 Å². The summed E-state index contributed by atoms with van der Waals surface area (Å²) in [5.74, 6) is -0.0444. The third-order valence-corrected chi connectivity index (χ3v) is 4.08. The lowest BCUT2D eigenvalue weighted by Gasteiger charge is -2.32. The number of carbonyl (C=O) groups is 1. The Labute approximate surface area is 145 Å². The smallest absolute Gasteiger partial charge is 0.443 e. The second-order valence-electron chi connectivity index (χ2n) is 7.86. The van der Waals surface area contributed by atoms with E-state index in [0.29, 0.717) is 5.47 Å². The molecular weight excluding hydrogens is 309 g/mol. The molecule has 0 bridgehead atoms. The fraction of sp³-hybridized carbons (Fsp3) is 0.750. The number of ether oxygens (including phenoxy) is 1. The van der Waals surface area contributed by atoms with Gasteiger partial charge in [-0.15, -0.1) is 0 Å². The van der Waals surface area contributed by atoms with E-state index in [-0.39, 0.29) is 5.84 Å². The Balaban J connectivity index is 3.00. The zero-order chi connectivity index (χ0) is 18.9. The lowest BCUT2D eigenvalue weighted by Crippen LogP contribution is -2.42. The van der Waals surface area contributed by atoms with E-state index in [2.05, 4.69) is 5.32 Å². The average Bonchev–Trinajstić information content (AvgIpc) is 2.60. The van der Waals surface area contributed by atoms with Gasteiger partial charge in [0.1, 0.15) is 11.4 Å². The molecule has 1 rings (SSSR count). The molecule has 0 atom stereocenters. The first-order chi connectivity index (χ1) is 10.7. The third-order valence-electron chi connectivity index (χ3n) is 4.08. The molecule has 136 valence electrons. The summed E-state index contributed by atoms with van der Waals surface area (Å²) in [6.07, 6.45) is 0.997. The molecule has 0 saturated carbocycles. The SMILES string of the molecule is CN/C=C(/B1OC(C)(C)C(C)(C)O1)C(=N)N(C)C(=O)OC(C)(C)C. The summed E-state index contributed by atoms with van der Waals surface area (Å²) in [6.45, 7) is 13.1. The molecular formula is C16H30BN3O4. The maximum atomic E-state index is 12.2. The van der Waals surface area contributed by atoms with E-state index in [1.165, 1.54) is 7.05 Å². The fourth-order valence-electron chi connectivity index (χ4n) is 1.99. The zero-order valence-corrected chi connectivity index (χ0v) is 16.2. The van der Waals surface area contributed by atoms with Gasteiger partial charge in [-0.1, -0.05) is 0 Å². The van der Waals surface area contributed by atoms with Gasteiger partial charge in [-0.05, 0) is 54.7 Å². The summed E-state index contributed by atoms with van der Waals surface area (Å²) in [7, 11) is 2.46. The van der Waals surface area contributed by atoms with Gasteiger partial charge in [0.05, 0.1) is 11.2 Å². The standard InChI is InChI=1S/C16H30BN3O4/c1-14(2,3)22-13(21)20(9)12(18)11(10-19-8)17-23-15(4,5)16(6,7)24-17/h10,18-19H,1-9H3/b11-10+,18-12?. The molecule has 24 heavy (non-hydrogen) atoms. The van der Waals surface area contributed by atoms with E-state index >= 15 is 0 Å². The van der Waals surface area contributed by atoms with Gasteiger partial charge in [-0.3, -0.25) is 10.3 Å². The first kappa shape index (κ1) is 20.5. The number of nitrogens with zero attached hydrogens (tertiary/aromatic N) is 1. The fourth-order valence-corrected chi connectivity index (χ4v) is 1.99. The first-order valence-corrected chi connectivity index (χ1v) is 8.00. The molecule has 0 aliphatic carbocycles. The molecule has 1 fully saturated rings. The second-order valence-corrected chi connectivity index (χ2v) is 7.86. The number of rotatable bonds is 3. The summed E-state index contributed by atoms with van der Waals surface area (Å²) in [4.78, 5) is 13.4. The van der Waals surface area contributed by atoms with E-state index in [0.717, 1.165) is 4.90 Å². The van der Waals surface area contributed by atoms with E-state index in [1.54, 1.807) is 34.0 Å². The molecule has 0 aromatic heterocycles. The van der Waals surface area contributed by atoms with Crippen molar-refractivity contribution in [1.29, 1.82) is 5.41 Å². The van der Waals surface area contributed by atoms with Crippen LogP contribution in [0, 0.1) is 5.41 Å². The predicted molar refractivity (Wildman–Crippen MR) is 94.9 cm³/mol. The van der Waals surface area contributed by atoms with E-state index in [9.17, 15) is 4.79 Å². The van der Waals surface area contributed by atoms with Crippen LogP contribution in [0.4, 0.5) is 4.79 Å². The number of amidine groups is 1. The molecule has 0 aromatic carbocycles. The lowest BCUT2D eigenvalue weighted by molar-refractivity contribution is 0.00578. The molecule has 2 N–H and O–H groups in total. The number of likely N-dealkylation sites (N-methyl/N-ethyl adjacent to an activating group) is 1. The number of hydrogen-bond donors (Lipinski definition) is 2. The molecule has 0 unspecified atom stereocenters. The Bertz CT molecular complexity index is 522. The van der Waals surface area contributed by atoms with Crippen molar-refractivity contribution >= 4 is 19.0 Å². The number of amides is 1. The highest BCUT2D eigenvalue weighted by Crippen LogP contribution is 2.38. The molecule has 1 aliphatic rings. The van der Waals surface area contributed by atoms with Gasteiger partial charge in [0.2, 0.25) is 0 Å². The van der Waals surface area contributed by atoms with Gasteiger partial charge in [0, 0.05) is 19.6 Å². The summed E-state index contributed by atoms with van der Waals surface area (Å²) in [5, 5.41) is 11.3. The van der Waals surface area contributed by atoms with Crippen molar-refractivity contribution in [3.8, 4) is 0 Å². The highest BCUT2D eigenvalue weighted by Gasteiger charge is 2.53. The van der Waals surface area contributed by atoms with Crippen LogP contribution in [0.2, 0.25) is 0 Å². The van der Waals surface area contributed by atoms with Gasteiger partial charge < -0.3 is 19.4 Å². The average molecular weight is 339 g/mol. The van der Waals surface area contributed by atoms with Crippen LogP contribution in [0.15, 0.2) is 11.7 Å². The molecule has 1 saturated heterocycles. The van der Waals surface area contributed by atoms with Gasteiger partial charge in [-0.25, -0.2) is 4.79 Å². The van der Waals surface area contributed by atoms with Crippen molar-refractivity contribution in [1.82, 2.24) is 10.2 Å². The Morgan fingerprint density at radius 1 is 1.21 bits per heavy atom. The van der Waals surface area contributed by atoms with Crippen molar-refractivity contribution < 1.29 is 18.8 Å². The molecule has 8 heteroatoms. The Hall–Kier alpha value is -1.54. The first-order valence-electron chi connectivity index (χ1n) is 8.00. The molecule has 0 aromatic rings. The topological polar surface area (TPSA) is 83.9 Å². The molecule has 1 amide bonds. The van der Waals surface area contributed by atoms with Gasteiger partial charge in [-0.2, -0.15) is 0 Å². The maximum Gasteiger partial charge on any atom is 0.500 e. The molecule has 1 aliphatic heterocycles. The second kappa shape index (κ2) is 6.76. The quantitative estimate of drug-likeness (QED) is 0.469. The number of carbonyl (C=O) groups excluding carboxylic acids is 1. The van der Waals surface area contributed by atoms with Crippen molar-refractivity contribution in [2.75, 3.05) is 14.1 Å². The van der Waals surface area contributed by atoms with Crippen molar-refractivity contribution in [3.63, 3.8) is 0 Å². The Morgan fingerprint density at radius 2 is 1.67 bits per heavy atom. The molecule has 7 nitrogen and oxygen atoms in total. The van der Waals surface area contributed by atoms with E-state index < -0.39 is 30.0 Å². The molecule has 0 spiro atoms. The largest absolute Gasteiger partial charge is 0.500 e. The summed E-state index contributed by atoms with van der Waals surface area (Å²) in [6, 6.07) is 0. The van der Waals surface area contributed by atoms with Crippen LogP contribution in [0.25, 0.3) is 0 Å². The van der Waals surface area contributed by atoms with Gasteiger partial charge >= 0.3 is 13.2 Å². The Kier molecular flexibility index (Phi) is 5.78. The van der Waals surface area contributed by atoms with Crippen molar-refractivity contribution in [2.45, 2.75) is 65.3 Å². The minimum atomic E-state index is -0.750. The normalized spacial score (nSPS) is 19.9. The van der Waals surface area contributed by atoms with E-state index in [4.69, 9.17) is 19.5 Å². The minimum absolute atomic E-state index is 0.0444. The molecule has 1 heterocycles. The summed E-state index contributed by atoms with van der Waals surface area (Å²) >= 11 is 0. The summed E-state index contributed by atoms with van der Waals surface area (Å²) < 4.78 is 17.3. The van der Waals surface area contributed by atoms with Gasteiger partial charge in [0.15, 0.2) is 0 Å². The van der Waals surface area contributed by atoms with E-state index in [1.807, 2.05) is 27.7 Å². The zero-order valence-electron chi connectivity index (χ0n) is 16.2. The minimum Gasteiger partial charge on any atom is -0.443 e. The van der Waals surface area contributed by atoms with Crippen LogP contribution in [-0.4, -0.2) is 54.8 Å². The monoisotopic (exact) mass is 339 g/mol. The molecule has 0 radical (unpaired) electrons. The summed E-state index contributed by atoms with van der Waals surface area (Å²) in [5.41, 5.74) is -1.28. The Morgan fingerprint density at radius 3 is 2.04 bits per heavy atom. The maximum absolute atomic E-state index is 12.2. The highest BCUT2D eigenvalue weighted by molar-refractivity contribution is 6.62. The van der Waals surface area contributed by atoms with Crippen molar-refractivity contribution in [3.05, 3.63) is 11.7 Å². The highest BCUT2D eigenvalue weighted by atomic mass is 16.7. The number of nitrogens with one attached hydrogen (secondary N) is 2. The van der Waals surface area contributed by atoms with Crippen LogP contribution in [0.5, 0.6) is 0 Å². The third kappa shape index (κ3) is 4.51. The van der Waals surface area contributed by atoms with Crippen LogP contribution in [-0.2, 0) is 14.0 Å². The predicted octanol–water partition coefficient (Wildman–Crippen LogP) is 2.57. The number of hydrogen-bond acceptors (Lipinski definition) is 6. The van der Waals surface area contributed by atoms with Gasteiger partial charge in [0.25, 0.3) is 0 Å². The lowest BCUT2D eigenvalue weighted by atomic mass is 9.77.